The molecule has 0 radical (unpaired) electrons. The zero-order valence-electron chi connectivity index (χ0n) is 13.7. The molecule has 1 aromatic heterocycles. The fraction of sp³-hybridized carbons (Fsp3) is 0.500. The van der Waals surface area contributed by atoms with E-state index in [2.05, 4.69) is 27.6 Å². The van der Waals surface area contributed by atoms with Gasteiger partial charge in [0.2, 0.25) is 0 Å². The number of hydrogen-bond acceptors (Lipinski definition) is 4. The van der Waals surface area contributed by atoms with Crippen molar-refractivity contribution in [2.24, 2.45) is 5.92 Å². The van der Waals surface area contributed by atoms with Crippen molar-refractivity contribution in [1.29, 1.82) is 0 Å². The van der Waals surface area contributed by atoms with Crippen LogP contribution in [-0.2, 0) is 16.9 Å². The summed E-state index contributed by atoms with van der Waals surface area (Å²) >= 11 is 0. The number of nitrogens with one attached hydrogen (secondary N) is 2. The molecule has 0 unspecified atom stereocenters. The Morgan fingerprint density at radius 1 is 1.35 bits per heavy atom. The van der Waals surface area contributed by atoms with Crippen LogP contribution in [0, 0.1) is 5.92 Å². The van der Waals surface area contributed by atoms with Gasteiger partial charge in [-0.3, -0.25) is 5.10 Å². The van der Waals surface area contributed by atoms with E-state index >= 15 is 0 Å². The van der Waals surface area contributed by atoms with Crippen molar-refractivity contribution in [3.63, 3.8) is 0 Å². The van der Waals surface area contributed by atoms with Crippen molar-refractivity contribution in [2.45, 2.75) is 38.5 Å². The Hall–Kier alpha value is -1.69. The second-order valence-electron chi connectivity index (χ2n) is 6.76. The van der Waals surface area contributed by atoms with Crippen LogP contribution in [0.4, 0.5) is 0 Å². The summed E-state index contributed by atoms with van der Waals surface area (Å²) in [5.74, 6) is 0.475. The predicted molar refractivity (Wildman–Crippen MR) is 88.8 cm³/mol. The SMILES string of the molecule is CC(C)(O)c1ccc(CNC[C@H]2CCO[C@@H]2c2cn[nH]c2)cc1. The zero-order valence-corrected chi connectivity index (χ0v) is 13.7. The fourth-order valence-corrected chi connectivity index (χ4v) is 3.06. The van der Waals surface area contributed by atoms with Gasteiger partial charge in [0.15, 0.2) is 0 Å². The molecule has 1 aromatic carbocycles. The third-order valence-electron chi connectivity index (χ3n) is 4.46. The first-order chi connectivity index (χ1) is 11.0. The standard InChI is InChI=1S/C18H25N3O2/c1-18(2,22)16-5-3-13(4-6-16)9-19-10-14-7-8-23-17(14)15-11-20-21-12-15/h3-6,11-12,14,17,19,22H,7-10H2,1-2H3,(H,20,21)/t14-,17+/m1/s1. The molecule has 0 spiro atoms. The van der Waals surface area contributed by atoms with E-state index in [9.17, 15) is 5.11 Å². The van der Waals surface area contributed by atoms with E-state index in [0.29, 0.717) is 5.92 Å². The van der Waals surface area contributed by atoms with Crippen LogP contribution in [0.5, 0.6) is 0 Å². The van der Waals surface area contributed by atoms with Crippen LogP contribution in [0.15, 0.2) is 36.7 Å². The van der Waals surface area contributed by atoms with Crippen molar-refractivity contribution in [1.82, 2.24) is 15.5 Å². The van der Waals surface area contributed by atoms with Crippen LogP contribution in [0.3, 0.4) is 0 Å². The number of hydrogen-bond donors (Lipinski definition) is 3. The Bertz CT molecular complexity index is 602. The zero-order chi connectivity index (χ0) is 16.3. The van der Waals surface area contributed by atoms with Gasteiger partial charge in [0.1, 0.15) is 0 Å². The summed E-state index contributed by atoms with van der Waals surface area (Å²) in [4.78, 5) is 0. The first kappa shape index (κ1) is 16.2. The molecule has 124 valence electrons. The summed E-state index contributed by atoms with van der Waals surface area (Å²) in [5, 5.41) is 20.4. The molecule has 2 aromatic rings. The number of aliphatic hydroxyl groups is 1. The predicted octanol–water partition coefficient (Wildman–Crippen LogP) is 2.50. The second-order valence-corrected chi connectivity index (χ2v) is 6.76. The van der Waals surface area contributed by atoms with Gasteiger partial charge in [-0.2, -0.15) is 5.10 Å². The summed E-state index contributed by atoms with van der Waals surface area (Å²) in [7, 11) is 0. The molecule has 0 bridgehead atoms. The summed E-state index contributed by atoms with van der Waals surface area (Å²) < 4.78 is 5.84. The number of rotatable bonds is 6. The highest BCUT2D eigenvalue weighted by Gasteiger charge is 2.29. The van der Waals surface area contributed by atoms with E-state index in [1.807, 2.05) is 24.5 Å². The maximum Gasteiger partial charge on any atom is 0.0896 e. The minimum absolute atomic E-state index is 0.138. The lowest BCUT2D eigenvalue weighted by Crippen LogP contribution is -2.24. The number of aromatic nitrogens is 2. The second kappa shape index (κ2) is 6.83. The highest BCUT2D eigenvalue weighted by Crippen LogP contribution is 2.33. The minimum atomic E-state index is -0.787. The van der Waals surface area contributed by atoms with Crippen LogP contribution < -0.4 is 5.32 Å². The summed E-state index contributed by atoms with van der Waals surface area (Å²) in [6.07, 6.45) is 4.97. The third-order valence-corrected chi connectivity index (χ3v) is 4.46. The van der Waals surface area contributed by atoms with Gasteiger partial charge in [-0.15, -0.1) is 0 Å². The Balaban J connectivity index is 1.51. The lowest BCUT2D eigenvalue weighted by atomic mass is 9.96. The molecule has 2 heterocycles. The van der Waals surface area contributed by atoms with Crippen LogP contribution in [0.1, 0.15) is 43.1 Å². The fourth-order valence-electron chi connectivity index (χ4n) is 3.06. The molecule has 1 fully saturated rings. The number of benzene rings is 1. The monoisotopic (exact) mass is 315 g/mol. The van der Waals surface area contributed by atoms with Gasteiger partial charge in [-0.25, -0.2) is 0 Å². The number of aromatic amines is 1. The number of nitrogens with zero attached hydrogens (tertiary/aromatic N) is 1. The normalized spacial score (nSPS) is 21.7. The molecule has 1 aliphatic rings. The van der Waals surface area contributed by atoms with Gasteiger partial charge < -0.3 is 15.2 Å². The molecule has 3 N–H and O–H groups in total. The molecule has 3 rings (SSSR count). The molecule has 0 saturated carbocycles. The van der Waals surface area contributed by atoms with Crippen molar-refractivity contribution >= 4 is 0 Å². The van der Waals surface area contributed by atoms with E-state index < -0.39 is 5.60 Å². The summed E-state index contributed by atoms with van der Waals surface area (Å²) in [6, 6.07) is 8.12. The van der Waals surface area contributed by atoms with Crippen molar-refractivity contribution in [2.75, 3.05) is 13.2 Å². The summed E-state index contributed by atoms with van der Waals surface area (Å²) in [5.41, 5.74) is 2.50. The van der Waals surface area contributed by atoms with Crippen molar-refractivity contribution in [3.8, 4) is 0 Å². The van der Waals surface area contributed by atoms with E-state index in [1.165, 1.54) is 5.56 Å². The van der Waals surface area contributed by atoms with Crippen molar-refractivity contribution < 1.29 is 9.84 Å². The molecule has 0 aliphatic carbocycles. The lowest BCUT2D eigenvalue weighted by molar-refractivity contribution is 0.0786. The van der Waals surface area contributed by atoms with Gasteiger partial charge in [0.25, 0.3) is 0 Å². The average Bonchev–Trinajstić information content (AvgIpc) is 3.17. The molecule has 0 amide bonds. The third kappa shape index (κ3) is 3.99. The Kier molecular flexibility index (Phi) is 4.80. The summed E-state index contributed by atoms with van der Waals surface area (Å²) in [6.45, 7) is 6.15. The van der Waals surface area contributed by atoms with E-state index in [-0.39, 0.29) is 6.10 Å². The molecule has 1 aliphatic heterocycles. The Labute approximate surface area is 137 Å². The van der Waals surface area contributed by atoms with Crippen LogP contribution in [-0.4, -0.2) is 28.5 Å². The molecule has 5 heteroatoms. The quantitative estimate of drug-likeness (QED) is 0.766. The molecule has 23 heavy (non-hydrogen) atoms. The lowest BCUT2D eigenvalue weighted by Gasteiger charge is -2.19. The highest BCUT2D eigenvalue weighted by molar-refractivity contribution is 5.26. The van der Waals surface area contributed by atoms with Crippen molar-refractivity contribution in [3.05, 3.63) is 53.3 Å². The number of H-pyrrole nitrogens is 1. The van der Waals surface area contributed by atoms with E-state index in [0.717, 1.165) is 37.2 Å². The van der Waals surface area contributed by atoms with Gasteiger partial charge in [-0.1, -0.05) is 24.3 Å². The van der Waals surface area contributed by atoms with Crippen LogP contribution in [0.2, 0.25) is 0 Å². The highest BCUT2D eigenvalue weighted by atomic mass is 16.5. The molecule has 5 nitrogen and oxygen atoms in total. The largest absolute Gasteiger partial charge is 0.386 e. The average molecular weight is 315 g/mol. The number of ether oxygens (including phenoxy) is 1. The molecule has 1 saturated heterocycles. The van der Waals surface area contributed by atoms with Gasteiger partial charge in [-0.05, 0) is 31.4 Å². The van der Waals surface area contributed by atoms with E-state index in [1.54, 1.807) is 13.8 Å². The Morgan fingerprint density at radius 2 is 2.13 bits per heavy atom. The maximum absolute atomic E-state index is 9.98. The van der Waals surface area contributed by atoms with Gasteiger partial charge >= 0.3 is 0 Å². The molecular weight excluding hydrogens is 290 g/mol. The first-order valence-electron chi connectivity index (χ1n) is 8.17. The maximum atomic E-state index is 9.98. The van der Waals surface area contributed by atoms with Crippen LogP contribution in [0.25, 0.3) is 0 Å². The van der Waals surface area contributed by atoms with Gasteiger partial charge in [0, 0.05) is 37.4 Å². The molecular formula is C18H25N3O2. The molecule has 2 atom stereocenters. The van der Waals surface area contributed by atoms with Gasteiger partial charge in [0.05, 0.1) is 17.9 Å². The van der Waals surface area contributed by atoms with Crippen LogP contribution >= 0.6 is 0 Å². The first-order valence-corrected chi connectivity index (χ1v) is 8.17. The minimum Gasteiger partial charge on any atom is -0.386 e. The topological polar surface area (TPSA) is 70.2 Å². The Morgan fingerprint density at radius 3 is 2.78 bits per heavy atom. The van der Waals surface area contributed by atoms with E-state index in [4.69, 9.17) is 4.74 Å². The smallest absolute Gasteiger partial charge is 0.0896 e.